The molecule has 0 aliphatic carbocycles. The fourth-order valence-electron chi connectivity index (χ4n) is 3.87. The first-order valence-corrected chi connectivity index (χ1v) is 14.1. The Hall–Kier alpha value is -4.83. The molecule has 22 heteroatoms. The quantitative estimate of drug-likeness (QED) is 0.236. The molecular formula is C27H25F9N6O6S. The van der Waals surface area contributed by atoms with Crippen LogP contribution >= 0.6 is 11.3 Å². The minimum Gasteiger partial charge on any atom is -0.475 e. The summed E-state index contributed by atoms with van der Waals surface area (Å²) in [7, 11) is 2.20. The third kappa shape index (κ3) is 12.9. The highest BCUT2D eigenvalue weighted by Crippen LogP contribution is 2.29. The number of halogens is 9. The molecule has 0 amide bonds. The topological polar surface area (TPSA) is 161 Å². The van der Waals surface area contributed by atoms with Gasteiger partial charge in [-0.3, -0.25) is 14.8 Å². The molecule has 0 saturated carbocycles. The molecule has 5 rings (SSSR count). The molecule has 0 bridgehead atoms. The average Bonchev–Trinajstić information content (AvgIpc) is 3.68. The number of alkyl halides is 9. The Morgan fingerprint density at radius 3 is 1.88 bits per heavy atom. The van der Waals surface area contributed by atoms with Crippen LogP contribution in [-0.2, 0) is 20.9 Å². The number of hydrogen-bond acceptors (Lipinski definition) is 9. The van der Waals surface area contributed by atoms with Crippen molar-refractivity contribution >= 4 is 34.8 Å². The number of fused-ring (bicyclic) bond motifs is 1. The van der Waals surface area contributed by atoms with Crippen LogP contribution in [-0.4, -0.2) is 108 Å². The Kier molecular flexibility index (Phi) is 14.0. The molecule has 0 radical (unpaired) electrons. The highest BCUT2D eigenvalue weighted by molar-refractivity contribution is 7.09. The lowest BCUT2D eigenvalue weighted by Gasteiger charge is -2.38. The SMILES string of the molecule is CN1CCN(Cc2nccs2)CC1c1ncn2cc(-c3cccnc3)ccc12.O=C(O)C(F)(F)F.O=C(O)C(F)(F)F.O=C(O)C(F)(F)F. The van der Waals surface area contributed by atoms with Crippen LogP contribution in [0.3, 0.4) is 0 Å². The number of nitrogens with zero attached hydrogens (tertiary/aromatic N) is 6. The molecular weight excluding hydrogens is 707 g/mol. The van der Waals surface area contributed by atoms with Crippen LogP contribution in [0.1, 0.15) is 16.7 Å². The van der Waals surface area contributed by atoms with Crippen LogP contribution in [0.2, 0.25) is 0 Å². The molecule has 268 valence electrons. The zero-order valence-electron chi connectivity index (χ0n) is 24.7. The van der Waals surface area contributed by atoms with Crippen molar-refractivity contribution in [3.63, 3.8) is 0 Å². The number of carbonyl (C=O) groups is 3. The normalized spacial score (nSPS) is 15.5. The summed E-state index contributed by atoms with van der Waals surface area (Å²) in [6, 6.07) is 8.67. The second kappa shape index (κ2) is 17.0. The first kappa shape index (κ1) is 40.3. The van der Waals surface area contributed by atoms with Gasteiger partial charge in [0.15, 0.2) is 0 Å². The van der Waals surface area contributed by atoms with Crippen LogP contribution in [0.15, 0.2) is 60.8 Å². The summed E-state index contributed by atoms with van der Waals surface area (Å²) in [4.78, 5) is 45.1. The summed E-state index contributed by atoms with van der Waals surface area (Å²) in [6.45, 7) is 3.97. The standard InChI is InChI=1S/C21H22N6S.3C2HF3O2/c1-25-8-9-26(14-20-23-7-10-28-20)13-19(25)21-18-5-4-17(12-27(18)15-24-21)16-3-2-6-22-11-16;3*3-2(4,5)1(6)7/h2-7,10-12,15,19H,8-9,13-14H2,1H3;3*(H,6,7). The largest absolute Gasteiger partial charge is 0.490 e. The zero-order chi connectivity index (χ0) is 37.2. The second-order valence-electron chi connectivity index (χ2n) is 9.65. The molecule has 12 nitrogen and oxygen atoms in total. The lowest BCUT2D eigenvalue weighted by molar-refractivity contribution is -0.193. The van der Waals surface area contributed by atoms with E-state index in [2.05, 4.69) is 55.6 Å². The Bertz CT molecular complexity index is 1610. The average molecular weight is 733 g/mol. The van der Waals surface area contributed by atoms with Crippen molar-refractivity contribution in [2.75, 3.05) is 26.7 Å². The molecule has 4 aromatic rings. The number of likely N-dealkylation sites (N-methyl/N-ethyl adjacent to an activating group) is 1. The van der Waals surface area contributed by atoms with Crippen LogP contribution in [0, 0.1) is 0 Å². The molecule has 4 aromatic heterocycles. The van der Waals surface area contributed by atoms with Gasteiger partial charge in [0.1, 0.15) is 5.01 Å². The fraction of sp³-hybridized carbons (Fsp3) is 0.333. The number of piperazine rings is 1. The second-order valence-corrected chi connectivity index (χ2v) is 10.6. The number of aromatic nitrogens is 4. The summed E-state index contributed by atoms with van der Waals surface area (Å²) >= 11 is 1.73. The Morgan fingerprint density at radius 1 is 0.837 bits per heavy atom. The van der Waals surface area contributed by atoms with E-state index in [0.717, 1.165) is 43.0 Å². The van der Waals surface area contributed by atoms with Crippen molar-refractivity contribution in [2.24, 2.45) is 0 Å². The van der Waals surface area contributed by atoms with Crippen molar-refractivity contribution in [1.29, 1.82) is 0 Å². The number of carboxylic acid groups (broad SMARTS) is 3. The van der Waals surface area contributed by atoms with Crippen molar-refractivity contribution in [3.8, 4) is 11.1 Å². The molecule has 1 aliphatic heterocycles. The first-order valence-electron chi connectivity index (χ1n) is 13.2. The van der Waals surface area contributed by atoms with Gasteiger partial charge in [0.25, 0.3) is 0 Å². The van der Waals surface area contributed by atoms with Crippen molar-refractivity contribution in [2.45, 2.75) is 31.1 Å². The van der Waals surface area contributed by atoms with Gasteiger partial charge in [-0.05, 0) is 24.7 Å². The number of imidazole rings is 1. The molecule has 0 spiro atoms. The predicted octanol–water partition coefficient (Wildman–Crippen LogP) is 5.24. The van der Waals surface area contributed by atoms with Crippen LogP contribution in [0.25, 0.3) is 16.6 Å². The van der Waals surface area contributed by atoms with Gasteiger partial charge in [0, 0.05) is 55.4 Å². The van der Waals surface area contributed by atoms with E-state index >= 15 is 0 Å². The Balaban J connectivity index is 0.000000325. The summed E-state index contributed by atoms with van der Waals surface area (Å²) in [5, 5.41) is 24.6. The molecule has 1 fully saturated rings. The van der Waals surface area contributed by atoms with E-state index in [1.54, 1.807) is 17.5 Å². The van der Waals surface area contributed by atoms with E-state index in [1.165, 1.54) is 10.5 Å². The number of carboxylic acids is 3. The fourth-order valence-corrected chi connectivity index (χ4v) is 4.53. The minimum atomic E-state index is -5.08. The summed E-state index contributed by atoms with van der Waals surface area (Å²) in [5.41, 5.74) is 4.57. The van der Waals surface area contributed by atoms with Crippen molar-refractivity contribution in [3.05, 3.63) is 71.5 Å². The summed E-state index contributed by atoms with van der Waals surface area (Å²) in [5.74, 6) is -8.27. The summed E-state index contributed by atoms with van der Waals surface area (Å²) < 4.78 is 97.3. The van der Waals surface area contributed by atoms with E-state index < -0.39 is 36.4 Å². The molecule has 5 heterocycles. The van der Waals surface area contributed by atoms with Gasteiger partial charge >= 0.3 is 36.4 Å². The summed E-state index contributed by atoms with van der Waals surface area (Å²) in [6.07, 6.45) is -5.61. The lowest BCUT2D eigenvalue weighted by Crippen LogP contribution is -2.46. The van der Waals surface area contributed by atoms with E-state index in [1.807, 2.05) is 30.2 Å². The third-order valence-corrected chi connectivity index (χ3v) is 6.94. The number of thiazole rings is 1. The zero-order valence-corrected chi connectivity index (χ0v) is 25.6. The van der Waals surface area contributed by atoms with Gasteiger partial charge in [-0.15, -0.1) is 11.3 Å². The maximum atomic E-state index is 10.6. The number of pyridine rings is 2. The Labute approximate surface area is 273 Å². The van der Waals surface area contributed by atoms with Gasteiger partial charge in [0.05, 0.1) is 30.1 Å². The van der Waals surface area contributed by atoms with Gasteiger partial charge in [-0.25, -0.2) is 24.4 Å². The van der Waals surface area contributed by atoms with E-state index in [0.29, 0.717) is 0 Å². The number of aliphatic carboxylic acids is 3. The maximum Gasteiger partial charge on any atom is 0.490 e. The maximum absolute atomic E-state index is 10.6. The van der Waals surface area contributed by atoms with E-state index in [4.69, 9.17) is 34.7 Å². The van der Waals surface area contributed by atoms with Crippen LogP contribution < -0.4 is 0 Å². The number of rotatable bonds is 4. The van der Waals surface area contributed by atoms with Gasteiger partial charge in [0.2, 0.25) is 0 Å². The van der Waals surface area contributed by atoms with Gasteiger partial charge < -0.3 is 19.7 Å². The third-order valence-electron chi connectivity index (χ3n) is 6.17. The molecule has 0 aromatic carbocycles. The van der Waals surface area contributed by atoms with Crippen molar-refractivity contribution < 1.29 is 69.2 Å². The minimum absolute atomic E-state index is 0.281. The smallest absolute Gasteiger partial charge is 0.475 e. The molecule has 1 aliphatic rings. The lowest BCUT2D eigenvalue weighted by atomic mass is 10.1. The van der Waals surface area contributed by atoms with Gasteiger partial charge in [-0.1, -0.05) is 12.1 Å². The highest BCUT2D eigenvalue weighted by atomic mass is 32.1. The highest BCUT2D eigenvalue weighted by Gasteiger charge is 2.39. The first-order chi connectivity index (χ1) is 22.6. The molecule has 49 heavy (non-hydrogen) atoms. The van der Waals surface area contributed by atoms with Gasteiger partial charge in [-0.2, -0.15) is 39.5 Å². The van der Waals surface area contributed by atoms with E-state index in [-0.39, 0.29) is 6.04 Å². The van der Waals surface area contributed by atoms with Crippen LogP contribution in [0.4, 0.5) is 39.5 Å². The monoisotopic (exact) mass is 732 g/mol. The number of hydrogen-bond donors (Lipinski definition) is 3. The molecule has 1 atom stereocenters. The molecule has 1 unspecified atom stereocenters. The molecule has 1 saturated heterocycles. The van der Waals surface area contributed by atoms with Crippen LogP contribution in [0.5, 0.6) is 0 Å². The van der Waals surface area contributed by atoms with E-state index in [9.17, 15) is 39.5 Å². The predicted molar refractivity (Wildman–Crippen MR) is 152 cm³/mol. The van der Waals surface area contributed by atoms with Crippen molar-refractivity contribution in [1.82, 2.24) is 29.2 Å². The molecule has 3 N–H and O–H groups in total. The Morgan fingerprint density at radius 2 is 1.41 bits per heavy atom.